The summed E-state index contributed by atoms with van der Waals surface area (Å²) in [5.41, 5.74) is 4.63. The third-order valence-electron chi connectivity index (χ3n) is 2.89. The van der Waals surface area contributed by atoms with Crippen molar-refractivity contribution in [2.24, 2.45) is 0 Å². The molecule has 2 aromatic rings. The standard InChI is InChI=1S/C13H15ClN2OS/c1-9-13(18-8-15-9)6-16(2)12-5-3-4-11(14)10(12)7-17/h3-5,8,17H,6-7H2,1-2H3. The molecule has 18 heavy (non-hydrogen) atoms. The maximum Gasteiger partial charge on any atom is 0.0798 e. The summed E-state index contributed by atoms with van der Waals surface area (Å²) in [6.07, 6.45) is 0. The first-order valence-electron chi connectivity index (χ1n) is 5.62. The number of aryl methyl sites for hydroxylation is 1. The molecule has 0 unspecified atom stereocenters. The molecular formula is C13H15ClN2OS. The first-order valence-corrected chi connectivity index (χ1v) is 6.87. The molecule has 1 aromatic carbocycles. The zero-order chi connectivity index (χ0) is 13.1. The smallest absolute Gasteiger partial charge is 0.0798 e. The van der Waals surface area contributed by atoms with E-state index in [1.54, 1.807) is 17.4 Å². The number of benzene rings is 1. The Bertz CT molecular complexity index is 542. The van der Waals surface area contributed by atoms with Crippen LogP contribution in [-0.4, -0.2) is 17.1 Å². The number of aliphatic hydroxyl groups excluding tert-OH is 1. The summed E-state index contributed by atoms with van der Waals surface area (Å²) in [5.74, 6) is 0. The van der Waals surface area contributed by atoms with Gasteiger partial charge in [-0.25, -0.2) is 4.98 Å². The summed E-state index contributed by atoms with van der Waals surface area (Å²) in [6, 6.07) is 5.66. The molecule has 0 radical (unpaired) electrons. The van der Waals surface area contributed by atoms with E-state index in [-0.39, 0.29) is 6.61 Å². The quantitative estimate of drug-likeness (QED) is 0.935. The molecule has 2 rings (SSSR count). The number of thiazole rings is 1. The van der Waals surface area contributed by atoms with Crippen LogP contribution in [-0.2, 0) is 13.2 Å². The van der Waals surface area contributed by atoms with E-state index in [1.807, 2.05) is 31.6 Å². The molecule has 1 heterocycles. The van der Waals surface area contributed by atoms with Gasteiger partial charge in [-0.15, -0.1) is 11.3 Å². The zero-order valence-corrected chi connectivity index (χ0v) is 11.9. The van der Waals surface area contributed by atoms with Crippen LogP contribution in [0.2, 0.25) is 5.02 Å². The molecule has 1 N–H and O–H groups in total. The van der Waals surface area contributed by atoms with Crippen molar-refractivity contribution >= 4 is 28.6 Å². The first kappa shape index (κ1) is 13.3. The highest BCUT2D eigenvalue weighted by Crippen LogP contribution is 2.28. The number of nitrogens with zero attached hydrogens (tertiary/aromatic N) is 2. The molecule has 5 heteroatoms. The number of halogens is 1. The van der Waals surface area contributed by atoms with Crippen LogP contribution >= 0.6 is 22.9 Å². The lowest BCUT2D eigenvalue weighted by atomic mass is 10.1. The van der Waals surface area contributed by atoms with E-state index in [9.17, 15) is 5.11 Å². The van der Waals surface area contributed by atoms with Crippen molar-refractivity contribution in [3.05, 3.63) is 44.9 Å². The Morgan fingerprint density at radius 2 is 2.22 bits per heavy atom. The van der Waals surface area contributed by atoms with Crippen molar-refractivity contribution < 1.29 is 5.11 Å². The molecule has 3 nitrogen and oxygen atoms in total. The van der Waals surface area contributed by atoms with Crippen molar-refractivity contribution in [2.75, 3.05) is 11.9 Å². The van der Waals surface area contributed by atoms with E-state index in [0.717, 1.165) is 23.5 Å². The average Bonchev–Trinajstić information content (AvgIpc) is 2.74. The summed E-state index contributed by atoms with van der Waals surface area (Å²) >= 11 is 7.73. The van der Waals surface area contributed by atoms with Gasteiger partial charge in [0.1, 0.15) is 0 Å². The van der Waals surface area contributed by atoms with Gasteiger partial charge in [-0.05, 0) is 19.1 Å². The topological polar surface area (TPSA) is 36.4 Å². The van der Waals surface area contributed by atoms with Crippen LogP contribution in [0, 0.1) is 6.92 Å². The maximum absolute atomic E-state index is 9.41. The zero-order valence-electron chi connectivity index (χ0n) is 10.4. The lowest BCUT2D eigenvalue weighted by Gasteiger charge is -2.22. The van der Waals surface area contributed by atoms with Gasteiger partial charge >= 0.3 is 0 Å². The van der Waals surface area contributed by atoms with Gasteiger partial charge in [-0.1, -0.05) is 17.7 Å². The van der Waals surface area contributed by atoms with Crippen LogP contribution < -0.4 is 4.90 Å². The Hall–Kier alpha value is -1.10. The molecule has 0 amide bonds. The monoisotopic (exact) mass is 282 g/mol. The Labute approximate surface area is 116 Å². The molecule has 0 bridgehead atoms. The Morgan fingerprint density at radius 1 is 1.44 bits per heavy atom. The molecule has 0 atom stereocenters. The SMILES string of the molecule is Cc1ncsc1CN(C)c1cccc(Cl)c1CO. The van der Waals surface area contributed by atoms with Crippen molar-refractivity contribution in [3.63, 3.8) is 0 Å². The van der Waals surface area contributed by atoms with Crippen LogP contribution in [0.4, 0.5) is 5.69 Å². The molecule has 0 fully saturated rings. The fourth-order valence-electron chi connectivity index (χ4n) is 1.84. The van der Waals surface area contributed by atoms with Gasteiger partial charge in [-0.2, -0.15) is 0 Å². The number of hydrogen-bond donors (Lipinski definition) is 1. The van der Waals surface area contributed by atoms with Crippen LogP contribution in [0.5, 0.6) is 0 Å². The summed E-state index contributed by atoms with van der Waals surface area (Å²) in [6.45, 7) is 2.72. The summed E-state index contributed by atoms with van der Waals surface area (Å²) in [5, 5.41) is 10.0. The number of aromatic nitrogens is 1. The van der Waals surface area contributed by atoms with Crippen molar-refractivity contribution in [2.45, 2.75) is 20.1 Å². The van der Waals surface area contributed by atoms with Gasteiger partial charge in [-0.3, -0.25) is 0 Å². The fourth-order valence-corrected chi connectivity index (χ4v) is 2.90. The lowest BCUT2D eigenvalue weighted by molar-refractivity contribution is 0.282. The van der Waals surface area contributed by atoms with Gasteiger partial charge in [0.2, 0.25) is 0 Å². The van der Waals surface area contributed by atoms with Gasteiger partial charge in [0.15, 0.2) is 0 Å². The van der Waals surface area contributed by atoms with E-state index >= 15 is 0 Å². The van der Waals surface area contributed by atoms with E-state index in [0.29, 0.717) is 5.02 Å². The van der Waals surface area contributed by atoms with Crippen molar-refractivity contribution in [3.8, 4) is 0 Å². The predicted octanol–water partition coefficient (Wildman–Crippen LogP) is 3.23. The molecule has 0 saturated heterocycles. The van der Waals surface area contributed by atoms with E-state index in [2.05, 4.69) is 9.88 Å². The van der Waals surface area contributed by atoms with Crippen LogP contribution in [0.3, 0.4) is 0 Å². The number of rotatable bonds is 4. The third kappa shape index (κ3) is 2.66. The van der Waals surface area contributed by atoms with Crippen LogP contribution in [0.1, 0.15) is 16.1 Å². The second-order valence-corrected chi connectivity index (χ2v) is 5.46. The van der Waals surface area contributed by atoms with Crippen molar-refractivity contribution in [1.82, 2.24) is 4.98 Å². The van der Waals surface area contributed by atoms with Gasteiger partial charge in [0.05, 0.1) is 24.4 Å². The van der Waals surface area contributed by atoms with Crippen molar-refractivity contribution in [1.29, 1.82) is 0 Å². The molecule has 1 aromatic heterocycles. The van der Waals surface area contributed by atoms with Crippen LogP contribution in [0.25, 0.3) is 0 Å². The Kier molecular flexibility index (Phi) is 4.22. The minimum atomic E-state index is -0.0545. The molecule has 96 valence electrons. The largest absolute Gasteiger partial charge is 0.392 e. The molecule has 0 aliphatic heterocycles. The van der Waals surface area contributed by atoms with E-state index in [1.165, 1.54) is 4.88 Å². The summed E-state index contributed by atoms with van der Waals surface area (Å²) < 4.78 is 0. The number of anilines is 1. The summed E-state index contributed by atoms with van der Waals surface area (Å²) in [4.78, 5) is 7.54. The first-order chi connectivity index (χ1) is 8.63. The minimum absolute atomic E-state index is 0.0545. The fraction of sp³-hybridized carbons (Fsp3) is 0.308. The molecule has 0 aliphatic carbocycles. The lowest BCUT2D eigenvalue weighted by Crippen LogP contribution is -2.18. The third-order valence-corrected chi connectivity index (χ3v) is 4.16. The maximum atomic E-state index is 9.41. The molecular weight excluding hydrogens is 268 g/mol. The highest BCUT2D eigenvalue weighted by Gasteiger charge is 2.12. The minimum Gasteiger partial charge on any atom is -0.392 e. The number of aliphatic hydroxyl groups is 1. The predicted molar refractivity (Wildman–Crippen MR) is 76.3 cm³/mol. The van der Waals surface area contributed by atoms with Gasteiger partial charge in [0, 0.05) is 28.2 Å². The van der Waals surface area contributed by atoms with E-state index in [4.69, 9.17) is 11.6 Å². The normalized spacial score (nSPS) is 10.7. The Balaban J connectivity index is 2.26. The average molecular weight is 283 g/mol. The highest BCUT2D eigenvalue weighted by atomic mass is 35.5. The highest BCUT2D eigenvalue weighted by molar-refractivity contribution is 7.09. The number of hydrogen-bond acceptors (Lipinski definition) is 4. The second kappa shape index (κ2) is 5.69. The van der Waals surface area contributed by atoms with Crippen LogP contribution in [0.15, 0.2) is 23.7 Å². The Morgan fingerprint density at radius 3 is 2.83 bits per heavy atom. The molecule has 0 aliphatic rings. The van der Waals surface area contributed by atoms with Gasteiger partial charge < -0.3 is 10.0 Å². The van der Waals surface area contributed by atoms with E-state index < -0.39 is 0 Å². The van der Waals surface area contributed by atoms with Gasteiger partial charge in [0.25, 0.3) is 0 Å². The second-order valence-electron chi connectivity index (χ2n) is 4.11. The molecule has 0 saturated carbocycles. The molecule has 0 spiro atoms. The summed E-state index contributed by atoms with van der Waals surface area (Å²) in [7, 11) is 1.99.